The molecule has 0 saturated carbocycles. The second-order valence-corrected chi connectivity index (χ2v) is 5.25. The summed E-state index contributed by atoms with van der Waals surface area (Å²) in [5, 5.41) is 0.737. The number of halogens is 1. The third kappa shape index (κ3) is 2.76. The van der Waals surface area contributed by atoms with E-state index in [1.165, 1.54) is 0 Å². The smallest absolute Gasteiger partial charge is 0.266 e. The van der Waals surface area contributed by atoms with Crippen LogP contribution in [0, 0.1) is 0 Å². The van der Waals surface area contributed by atoms with Crippen molar-refractivity contribution in [3.05, 3.63) is 51.4 Å². The molecule has 0 bridgehead atoms. The van der Waals surface area contributed by atoms with Gasteiger partial charge in [-0.05, 0) is 24.3 Å². The molecule has 0 unspecified atom stereocenters. The molecule has 0 aliphatic carbocycles. The standard InChI is InChI=1S/C12H13ClN2OS/c1-14-10(7-12(16)15(14)2)8-17-11-5-3-9(13)4-6-11/h3-7H,8H2,1-2H3. The molecule has 0 atom stereocenters. The maximum atomic E-state index is 11.4. The van der Waals surface area contributed by atoms with Crippen LogP contribution in [0.25, 0.3) is 0 Å². The fourth-order valence-electron chi connectivity index (χ4n) is 1.49. The van der Waals surface area contributed by atoms with Crippen molar-refractivity contribution >= 4 is 23.4 Å². The molecule has 5 heteroatoms. The molecule has 0 amide bonds. The van der Waals surface area contributed by atoms with Crippen LogP contribution in [0.5, 0.6) is 0 Å². The zero-order chi connectivity index (χ0) is 12.4. The Morgan fingerprint density at radius 3 is 2.35 bits per heavy atom. The van der Waals surface area contributed by atoms with Crippen LogP contribution in [0.4, 0.5) is 0 Å². The van der Waals surface area contributed by atoms with Crippen molar-refractivity contribution in [1.29, 1.82) is 0 Å². The van der Waals surface area contributed by atoms with Crippen LogP contribution in [-0.4, -0.2) is 9.36 Å². The number of nitrogens with zero attached hydrogens (tertiary/aromatic N) is 2. The van der Waals surface area contributed by atoms with Gasteiger partial charge in [-0.25, -0.2) is 0 Å². The summed E-state index contributed by atoms with van der Waals surface area (Å²) in [6.07, 6.45) is 0. The minimum absolute atomic E-state index is 0.0270. The molecule has 0 spiro atoms. The topological polar surface area (TPSA) is 26.9 Å². The lowest BCUT2D eigenvalue weighted by molar-refractivity contribution is 0.565. The van der Waals surface area contributed by atoms with Crippen molar-refractivity contribution in [2.45, 2.75) is 10.6 Å². The maximum absolute atomic E-state index is 11.4. The van der Waals surface area contributed by atoms with Gasteiger partial charge in [0.25, 0.3) is 5.56 Å². The molecule has 90 valence electrons. The van der Waals surface area contributed by atoms with E-state index in [4.69, 9.17) is 11.6 Å². The zero-order valence-electron chi connectivity index (χ0n) is 9.68. The van der Waals surface area contributed by atoms with Gasteiger partial charge in [0.2, 0.25) is 0 Å². The second kappa shape index (κ2) is 5.02. The highest BCUT2D eigenvalue weighted by Crippen LogP contribution is 2.23. The molecule has 0 saturated heterocycles. The Labute approximate surface area is 109 Å². The van der Waals surface area contributed by atoms with Gasteiger partial charge >= 0.3 is 0 Å². The molecule has 0 N–H and O–H groups in total. The van der Waals surface area contributed by atoms with Crippen LogP contribution in [0.15, 0.2) is 40.0 Å². The molecule has 0 aliphatic rings. The van der Waals surface area contributed by atoms with Gasteiger partial charge < -0.3 is 0 Å². The van der Waals surface area contributed by atoms with Crippen LogP contribution in [0.2, 0.25) is 5.02 Å². The Morgan fingerprint density at radius 2 is 1.82 bits per heavy atom. The molecule has 1 aromatic carbocycles. The SMILES string of the molecule is Cn1c(CSc2ccc(Cl)cc2)cc(=O)n1C. The predicted octanol–water partition coefficient (Wildman–Crippen LogP) is 2.67. The Kier molecular flexibility index (Phi) is 3.64. The van der Waals surface area contributed by atoms with Gasteiger partial charge in [0.05, 0.1) is 5.69 Å². The number of hydrogen-bond donors (Lipinski definition) is 0. The first-order valence-corrected chi connectivity index (χ1v) is 6.54. The van der Waals surface area contributed by atoms with Crippen LogP contribution in [0.1, 0.15) is 5.69 Å². The maximum Gasteiger partial charge on any atom is 0.266 e. The first kappa shape index (κ1) is 12.3. The van der Waals surface area contributed by atoms with Gasteiger partial charge in [-0.1, -0.05) is 11.6 Å². The lowest BCUT2D eigenvalue weighted by Gasteiger charge is -2.05. The third-order valence-corrected chi connectivity index (χ3v) is 3.97. The van der Waals surface area contributed by atoms with Crippen molar-refractivity contribution in [2.75, 3.05) is 0 Å². The normalized spacial score (nSPS) is 10.8. The Morgan fingerprint density at radius 1 is 1.18 bits per heavy atom. The summed E-state index contributed by atoms with van der Waals surface area (Å²) in [7, 11) is 3.65. The van der Waals surface area contributed by atoms with Crippen LogP contribution in [-0.2, 0) is 19.8 Å². The molecule has 1 aromatic heterocycles. The van der Waals surface area contributed by atoms with Gasteiger partial charge in [-0.2, -0.15) is 0 Å². The van der Waals surface area contributed by atoms with E-state index in [1.807, 2.05) is 36.0 Å². The summed E-state index contributed by atoms with van der Waals surface area (Å²) < 4.78 is 3.46. The molecular weight excluding hydrogens is 256 g/mol. The largest absolute Gasteiger partial charge is 0.289 e. The van der Waals surface area contributed by atoms with Crippen LogP contribution < -0.4 is 5.56 Å². The molecule has 0 radical (unpaired) electrons. The highest BCUT2D eigenvalue weighted by Gasteiger charge is 2.05. The summed E-state index contributed by atoms with van der Waals surface area (Å²) in [4.78, 5) is 12.6. The highest BCUT2D eigenvalue weighted by molar-refractivity contribution is 7.98. The predicted molar refractivity (Wildman–Crippen MR) is 71.7 cm³/mol. The molecule has 1 heterocycles. The lowest BCUT2D eigenvalue weighted by atomic mass is 10.4. The zero-order valence-corrected chi connectivity index (χ0v) is 11.3. The van der Waals surface area contributed by atoms with E-state index in [0.29, 0.717) is 0 Å². The molecule has 2 aromatic rings. The van der Waals surface area contributed by atoms with Crippen LogP contribution in [0.3, 0.4) is 0 Å². The Balaban J connectivity index is 2.10. The van der Waals surface area contributed by atoms with E-state index in [2.05, 4.69) is 0 Å². The molecule has 0 fully saturated rings. The first-order chi connectivity index (χ1) is 8.08. The van der Waals surface area contributed by atoms with E-state index in [9.17, 15) is 4.79 Å². The van der Waals surface area contributed by atoms with Crippen molar-refractivity contribution in [1.82, 2.24) is 9.36 Å². The second-order valence-electron chi connectivity index (χ2n) is 3.76. The number of aromatic nitrogens is 2. The van der Waals surface area contributed by atoms with Gasteiger partial charge in [-0.3, -0.25) is 14.2 Å². The minimum Gasteiger partial charge on any atom is -0.289 e. The lowest BCUT2D eigenvalue weighted by Crippen LogP contribution is -2.16. The first-order valence-electron chi connectivity index (χ1n) is 5.18. The molecule has 2 rings (SSSR count). The van der Waals surface area contributed by atoms with Crippen molar-refractivity contribution in [3.63, 3.8) is 0 Å². The highest BCUT2D eigenvalue weighted by atomic mass is 35.5. The van der Waals surface area contributed by atoms with E-state index in [0.717, 1.165) is 21.4 Å². The van der Waals surface area contributed by atoms with Crippen molar-refractivity contribution in [3.8, 4) is 0 Å². The number of hydrogen-bond acceptors (Lipinski definition) is 2. The fraction of sp³-hybridized carbons (Fsp3) is 0.250. The summed E-state index contributed by atoms with van der Waals surface area (Å²) >= 11 is 7.51. The van der Waals surface area contributed by atoms with E-state index in [1.54, 1.807) is 29.6 Å². The summed E-state index contributed by atoms with van der Waals surface area (Å²) in [6, 6.07) is 9.37. The third-order valence-electron chi connectivity index (χ3n) is 2.68. The van der Waals surface area contributed by atoms with E-state index in [-0.39, 0.29) is 5.56 Å². The number of rotatable bonds is 3. The fourth-order valence-corrected chi connectivity index (χ4v) is 2.53. The Hall–Kier alpha value is -1.13. The quantitative estimate of drug-likeness (QED) is 0.801. The molecule has 17 heavy (non-hydrogen) atoms. The summed E-state index contributed by atoms with van der Waals surface area (Å²) in [5.41, 5.74) is 1.04. The molecule has 0 aliphatic heterocycles. The van der Waals surface area contributed by atoms with Gasteiger partial charge in [-0.15, -0.1) is 11.8 Å². The van der Waals surface area contributed by atoms with Gasteiger partial charge in [0.15, 0.2) is 0 Å². The van der Waals surface area contributed by atoms with Crippen molar-refractivity contribution in [2.24, 2.45) is 14.1 Å². The minimum atomic E-state index is 0.0270. The van der Waals surface area contributed by atoms with Crippen molar-refractivity contribution < 1.29 is 0 Å². The number of benzene rings is 1. The summed E-state index contributed by atoms with van der Waals surface area (Å²) in [5.74, 6) is 0.772. The number of thioether (sulfide) groups is 1. The average Bonchev–Trinajstić information content (AvgIpc) is 2.56. The van der Waals surface area contributed by atoms with Gasteiger partial charge in [0.1, 0.15) is 0 Å². The molecular formula is C12H13ClN2OS. The monoisotopic (exact) mass is 268 g/mol. The Bertz CT molecular complexity index is 571. The molecule has 3 nitrogen and oxygen atoms in total. The summed E-state index contributed by atoms with van der Waals surface area (Å²) in [6.45, 7) is 0. The average molecular weight is 269 g/mol. The van der Waals surface area contributed by atoms with E-state index >= 15 is 0 Å². The van der Waals surface area contributed by atoms with Crippen LogP contribution >= 0.6 is 23.4 Å². The van der Waals surface area contributed by atoms with Gasteiger partial charge in [0, 0.05) is 35.8 Å². The van der Waals surface area contributed by atoms with E-state index < -0.39 is 0 Å².